The van der Waals surface area contributed by atoms with Gasteiger partial charge in [0.05, 0.1) is 6.04 Å². The number of aryl methyl sites for hydroxylation is 1. The Balaban J connectivity index is 1.98. The number of amides is 1. The Morgan fingerprint density at radius 3 is 2.73 bits per heavy atom. The number of carboxylic acids is 1. The molecule has 1 heterocycles. The number of aromatic nitrogens is 2. The summed E-state index contributed by atoms with van der Waals surface area (Å²) in [4.78, 5) is 22.6. The van der Waals surface area contributed by atoms with Gasteiger partial charge in [-0.3, -0.25) is 9.48 Å². The van der Waals surface area contributed by atoms with Gasteiger partial charge in [0.25, 0.3) is 0 Å². The first-order valence-electron chi connectivity index (χ1n) is 6.69. The summed E-state index contributed by atoms with van der Waals surface area (Å²) < 4.78 is 14.8. The van der Waals surface area contributed by atoms with E-state index in [9.17, 15) is 14.0 Å². The van der Waals surface area contributed by atoms with Gasteiger partial charge in [-0.15, -0.1) is 0 Å². The summed E-state index contributed by atoms with van der Waals surface area (Å²) >= 11 is 0. The zero-order valence-corrected chi connectivity index (χ0v) is 12.2. The fourth-order valence-corrected chi connectivity index (χ4v) is 1.96. The summed E-state index contributed by atoms with van der Waals surface area (Å²) in [5.41, 5.74) is 1.07. The van der Waals surface area contributed by atoms with E-state index in [1.54, 1.807) is 26.0 Å². The number of halogens is 1. The monoisotopic (exact) mass is 305 g/mol. The van der Waals surface area contributed by atoms with Gasteiger partial charge in [-0.05, 0) is 37.1 Å². The topological polar surface area (TPSA) is 84.2 Å². The van der Waals surface area contributed by atoms with Crippen molar-refractivity contribution in [2.45, 2.75) is 26.4 Å². The summed E-state index contributed by atoms with van der Waals surface area (Å²) in [6.45, 7) is 3.31. The van der Waals surface area contributed by atoms with Crippen molar-refractivity contribution >= 4 is 11.9 Å². The molecule has 2 rings (SSSR count). The number of carboxylic acid groups (broad SMARTS) is 1. The van der Waals surface area contributed by atoms with E-state index >= 15 is 0 Å². The first-order valence-corrected chi connectivity index (χ1v) is 6.69. The summed E-state index contributed by atoms with van der Waals surface area (Å²) in [7, 11) is 0. The van der Waals surface area contributed by atoms with Crippen molar-refractivity contribution in [3.63, 3.8) is 0 Å². The number of aromatic carboxylic acids is 1. The van der Waals surface area contributed by atoms with E-state index in [1.165, 1.54) is 23.0 Å². The molecular weight excluding hydrogens is 289 g/mol. The smallest absolute Gasteiger partial charge is 0.356 e. The second kappa shape index (κ2) is 6.38. The molecule has 0 saturated carbocycles. The predicted molar refractivity (Wildman–Crippen MR) is 76.9 cm³/mol. The number of benzene rings is 1. The van der Waals surface area contributed by atoms with Gasteiger partial charge < -0.3 is 10.4 Å². The first-order chi connectivity index (χ1) is 10.4. The molecule has 0 aliphatic carbocycles. The Labute approximate surface area is 126 Å². The highest BCUT2D eigenvalue weighted by Crippen LogP contribution is 2.16. The molecule has 0 fully saturated rings. The van der Waals surface area contributed by atoms with E-state index in [0.29, 0.717) is 11.1 Å². The summed E-state index contributed by atoms with van der Waals surface area (Å²) in [5.74, 6) is -1.81. The Morgan fingerprint density at radius 1 is 1.41 bits per heavy atom. The third-order valence-electron chi connectivity index (χ3n) is 3.24. The molecule has 0 saturated heterocycles. The van der Waals surface area contributed by atoms with Gasteiger partial charge in [0.1, 0.15) is 12.4 Å². The standard InChI is InChI=1S/C15H16FN3O3/c1-9-3-4-11(7-12(9)16)10(2)17-14(20)8-19-6-5-13(18-19)15(21)22/h3-7,10H,8H2,1-2H3,(H,17,20)(H,21,22). The van der Waals surface area contributed by atoms with Crippen LogP contribution in [0.3, 0.4) is 0 Å². The molecule has 0 aliphatic heterocycles. The highest BCUT2D eigenvalue weighted by atomic mass is 19.1. The predicted octanol–water partition coefficient (Wildman–Crippen LogP) is 1.91. The molecule has 1 aromatic carbocycles. The molecule has 1 amide bonds. The van der Waals surface area contributed by atoms with Gasteiger partial charge >= 0.3 is 5.97 Å². The van der Waals surface area contributed by atoms with E-state index in [4.69, 9.17) is 5.11 Å². The Hall–Kier alpha value is -2.70. The zero-order valence-electron chi connectivity index (χ0n) is 12.2. The first kappa shape index (κ1) is 15.7. The molecule has 0 spiro atoms. The lowest BCUT2D eigenvalue weighted by Crippen LogP contribution is -2.30. The highest BCUT2D eigenvalue weighted by molar-refractivity contribution is 5.85. The van der Waals surface area contributed by atoms with Crippen LogP contribution in [0, 0.1) is 12.7 Å². The van der Waals surface area contributed by atoms with E-state index in [0.717, 1.165) is 0 Å². The second-order valence-electron chi connectivity index (χ2n) is 5.00. The van der Waals surface area contributed by atoms with Crippen molar-refractivity contribution in [3.05, 3.63) is 53.1 Å². The average Bonchev–Trinajstić information content (AvgIpc) is 2.90. The van der Waals surface area contributed by atoms with Crippen molar-refractivity contribution in [2.24, 2.45) is 0 Å². The molecule has 1 atom stereocenters. The molecule has 0 radical (unpaired) electrons. The van der Waals surface area contributed by atoms with Crippen LogP contribution >= 0.6 is 0 Å². The summed E-state index contributed by atoms with van der Waals surface area (Å²) in [6.07, 6.45) is 1.42. The lowest BCUT2D eigenvalue weighted by atomic mass is 10.1. The average molecular weight is 305 g/mol. The van der Waals surface area contributed by atoms with Gasteiger partial charge in [0.15, 0.2) is 5.69 Å². The van der Waals surface area contributed by atoms with E-state index in [1.807, 2.05) is 0 Å². The Bertz CT molecular complexity index is 712. The SMILES string of the molecule is Cc1ccc(C(C)NC(=O)Cn2ccc(C(=O)O)n2)cc1F. The normalized spacial score (nSPS) is 12.0. The highest BCUT2D eigenvalue weighted by Gasteiger charge is 2.13. The third kappa shape index (κ3) is 3.69. The van der Waals surface area contributed by atoms with Crippen molar-refractivity contribution in [1.29, 1.82) is 0 Å². The van der Waals surface area contributed by atoms with E-state index in [-0.39, 0.29) is 30.0 Å². The third-order valence-corrected chi connectivity index (χ3v) is 3.24. The van der Waals surface area contributed by atoms with Crippen LogP contribution in [0.2, 0.25) is 0 Å². The minimum absolute atomic E-state index is 0.105. The van der Waals surface area contributed by atoms with Crippen LogP contribution in [0.1, 0.15) is 34.6 Å². The van der Waals surface area contributed by atoms with Crippen LogP contribution in [0.25, 0.3) is 0 Å². The van der Waals surface area contributed by atoms with Crippen LogP contribution in [0.15, 0.2) is 30.5 Å². The number of carbonyl (C=O) groups is 2. The van der Waals surface area contributed by atoms with Crippen LogP contribution in [0.5, 0.6) is 0 Å². The maximum atomic E-state index is 13.5. The minimum atomic E-state index is -1.15. The number of nitrogens with one attached hydrogen (secondary N) is 1. The van der Waals surface area contributed by atoms with Crippen molar-refractivity contribution in [1.82, 2.24) is 15.1 Å². The molecule has 7 heteroatoms. The molecule has 2 aromatic rings. The van der Waals surface area contributed by atoms with Crippen molar-refractivity contribution < 1.29 is 19.1 Å². The van der Waals surface area contributed by atoms with Crippen LogP contribution in [0.4, 0.5) is 4.39 Å². The van der Waals surface area contributed by atoms with Crippen LogP contribution in [-0.4, -0.2) is 26.8 Å². The molecule has 2 N–H and O–H groups in total. The number of hydrogen-bond donors (Lipinski definition) is 2. The zero-order chi connectivity index (χ0) is 16.3. The number of nitrogens with zero attached hydrogens (tertiary/aromatic N) is 2. The molecule has 0 bridgehead atoms. The maximum absolute atomic E-state index is 13.5. The van der Waals surface area contributed by atoms with Crippen LogP contribution in [-0.2, 0) is 11.3 Å². The molecule has 1 unspecified atom stereocenters. The van der Waals surface area contributed by atoms with Gasteiger partial charge in [0.2, 0.25) is 5.91 Å². The summed E-state index contributed by atoms with van der Waals surface area (Å²) in [5, 5.41) is 15.2. The fourth-order valence-electron chi connectivity index (χ4n) is 1.96. The van der Waals surface area contributed by atoms with Gasteiger partial charge in [0, 0.05) is 6.20 Å². The van der Waals surface area contributed by atoms with E-state index in [2.05, 4.69) is 10.4 Å². The minimum Gasteiger partial charge on any atom is -0.476 e. The molecule has 116 valence electrons. The molecule has 1 aromatic heterocycles. The van der Waals surface area contributed by atoms with Gasteiger partial charge in [-0.2, -0.15) is 5.10 Å². The number of hydrogen-bond acceptors (Lipinski definition) is 3. The largest absolute Gasteiger partial charge is 0.476 e. The molecular formula is C15H16FN3O3. The molecule has 6 nitrogen and oxygen atoms in total. The van der Waals surface area contributed by atoms with E-state index < -0.39 is 5.97 Å². The molecule has 22 heavy (non-hydrogen) atoms. The van der Waals surface area contributed by atoms with Crippen LogP contribution < -0.4 is 5.32 Å². The van der Waals surface area contributed by atoms with Gasteiger partial charge in [-0.1, -0.05) is 12.1 Å². The lowest BCUT2D eigenvalue weighted by Gasteiger charge is -2.15. The van der Waals surface area contributed by atoms with Gasteiger partial charge in [-0.25, -0.2) is 9.18 Å². The van der Waals surface area contributed by atoms with Crippen molar-refractivity contribution in [3.8, 4) is 0 Å². The maximum Gasteiger partial charge on any atom is 0.356 e. The fraction of sp³-hybridized carbons (Fsp3) is 0.267. The number of carbonyl (C=O) groups excluding carboxylic acids is 1. The Kier molecular flexibility index (Phi) is 4.55. The van der Waals surface area contributed by atoms with Crippen molar-refractivity contribution in [2.75, 3.05) is 0 Å². The summed E-state index contributed by atoms with van der Waals surface area (Å²) in [6, 6.07) is 5.74. The molecule has 0 aliphatic rings. The quantitative estimate of drug-likeness (QED) is 0.883. The lowest BCUT2D eigenvalue weighted by molar-refractivity contribution is -0.122. The Morgan fingerprint density at radius 2 is 2.14 bits per heavy atom. The number of rotatable bonds is 5. The second-order valence-corrected chi connectivity index (χ2v) is 5.00.